The fourth-order valence-electron chi connectivity index (χ4n) is 3.70. The van der Waals surface area contributed by atoms with Crippen molar-refractivity contribution in [2.75, 3.05) is 26.2 Å². The molecule has 1 aliphatic rings. The molecule has 1 heterocycles. The Balaban J connectivity index is 1.94. The molecule has 2 aromatic carbocycles. The zero-order valence-electron chi connectivity index (χ0n) is 15.8. The number of carbonyl (C=O) groups is 1. The summed E-state index contributed by atoms with van der Waals surface area (Å²) in [7, 11) is 0. The monoisotopic (exact) mass is 368 g/mol. The van der Waals surface area contributed by atoms with E-state index in [4.69, 9.17) is 4.74 Å². The Morgan fingerprint density at radius 2 is 1.74 bits per heavy atom. The summed E-state index contributed by atoms with van der Waals surface area (Å²) in [6.45, 7) is 3.82. The average Bonchev–Trinajstić information content (AvgIpc) is 2.72. The minimum atomic E-state index is -1.25. The average molecular weight is 368 g/mol. The van der Waals surface area contributed by atoms with Gasteiger partial charge >= 0.3 is 0 Å². The summed E-state index contributed by atoms with van der Waals surface area (Å²) in [5.74, 6) is -0.263. The number of rotatable bonds is 7. The Hall–Kier alpha value is -2.21. The summed E-state index contributed by atoms with van der Waals surface area (Å²) < 4.78 is 6.13. The van der Waals surface area contributed by atoms with Crippen LogP contribution >= 0.6 is 0 Å². The van der Waals surface area contributed by atoms with Gasteiger partial charge in [0.1, 0.15) is 0 Å². The van der Waals surface area contributed by atoms with E-state index in [1.807, 2.05) is 67.6 Å². The highest BCUT2D eigenvalue weighted by Gasteiger charge is 2.44. The highest BCUT2D eigenvalue weighted by atomic mass is 16.5. The Morgan fingerprint density at radius 1 is 1.15 bits per heavy atom. The van der Waals surface area contributed by atoms with E-state index in [0.29, 0.717) is 19.6 Å². The SMILES string of the molecule is CCOC(C(=O)NC[C@]1(O)CCCNC1)(c1ccccc1)c1ccccc1. The number of piperidine rings is 1. The number of nitrogens with one attached hydrogen (secondary N) is 2. The Morgan fingerprint density at radius 3 is 2.22 bits per heavy atom. The van der Waals surface area contributed by atoms with E-state index < -0.39 is 11.2 Å². The first-order valence-electron chi connectivity index (χ1n) is 9.57. The molecule has 0 aromatic heterocycles. The maximum atomic E-state index is 13.5. The number of ether oxygens (including phenoxy) is 1. The second-order valence-corrected chi connectivity index (χ2v) is 7.03. The summed E-state index contributed by atoms with van der Waals surface area (Å²) >= 11 is 0. The van der Waals surface area contributed by atoms with Crippen LogP contribution in [-0.2, 0) is 15.1 Å². The molecule has 0 unspecified atom stereocenters. The van der Waals surface area contributed by atoms with Crippen LogP contribution in [0.2, 0.25) is 0 Å². The molecule has 1 fully saturated rings. The molecule has 0 aliphatic carbocycles. The van der Waals surface area contributed by atoms with Gasteiger partial charge in [-0.3, -0.25) is 4.79 Å². The van der Waals surface area contributed by atoms with Crippen molar-refractivity contribution < 1.29 is 14.6 Å². The third kappa shape index (κ3) is 4.21. The highest BCUT2D eigenvalue weighted by molar-refractivity contribution is 5.90. The highest BCUT2D eigenvalue weighted by Crippen LogP contribution is 2.34. The molecule has 5 heteroatoms. The van der Waals surface area contributed by atoms with Gasteiger partial charge in [0.25, 0.3) is 5.91 Å². The minimum Gasteiger partial charge on any atom is -0.387 e. The first-order valence-corrected chi connectivity index (χ1v) is 9.57. The second kappa shape index (κ2) is 8.65. The van der Waals surface area contributed by atoms with Gasteiger partial charge in [0, 0.05) is 19.7 Å². The van der Waals surface area contributed by atoms with E-state index in [2.05, 4.69) is 10.6 Å². The minimum absolute atomic E-state index is 0.188. The van der Waals surface area contributed by atoms with E-state index >= 15 is 0 Å². The molecule has 1 atom stereocenters. The van der Waals surface area contributed by atoms with Crippen LogP contribution in [0.4, 0.5) is 0 Å². The molecule has 5 nitrogen and oxygen atoms in total. The van der Waals surface area contributed by atoms with Crippen molar-refractivity contribution in [2.24, 2.45) is 0 Å². The van der Waals surface area contributed by atoms with Crippen molar-refractivity contribution in [3.05, 3.63) is 71.8 Å². The normalized spacial score (nSPS) is 20.2. The molecule has 0 bridgehead atoms. The van der Waals surface area contributed by atoms with Gasteiger partial charge in [-0.15, -0.1) is 0 Å². The summed E-state index contributed by atoms with van der Waals surface area (Å²) in [4.78, 5) is 13.5. The topological polar surface area (TPSA) is 70.6 Å². The summed E-state index contributed by atoms with van der Waals surface area (Å²) in [6, 6.07) is 19.0. The third-order valence-electron chi connectivity index (χ3n) is 5.07. The van der Waals surface area contributed by atoms with Crippen molar-refractivity contribution >= 4 is 5.91 Å². The molecule has 1 amide bonds. The lowest BCUT2D eigenvalue weighted by atomic mass is 9.84. The molecule has 27 heavy (non-hydrogen) atoms. The molecule has 1 saturated heterocycles. The number of amides is 1. The lowest BCUT2D eigenvalue weighted by Crippen LogP contribution is -2.56. The molecule has 3 rings (SSSR count). The molecule has 0 saturated carbocycles. The van der Waals surface area contributed by atoms with Gasteiger partial charge in [-0.1, -0.05) is 60.7 Å². The van der Waals surface area contributed by atoms with E-state index in [1.165, 1.54) is 0 Å². The Bertz CT molecular complexity index is 688. The smallest absolute Gasteiger partial charge is 0.261 e. The van der Waals surface area contributed by atoms with Gasteiger partial charge in [0.2, 0.25) is 0 Å². The van der Waals surface area contributed by atoms with Crippen LogP contribution in [0.3, 0.4) is 0 Å². The van der Waals surface area contributed by atoms with Gasteiger partial charge in [-0.25, -0.2) is 0 Å². The molecular formula is C22H28N2O3. The Kier molecular flexibility index (Phi) is 6.26. The summed E-state index contributed by atoms with van der Waals surface area (Å²) in [5.41, 5.74) is -0.650. The number of aliphatic hydroxyl groups is 1. The molecular weight excluding hydrogens is 340 g/mol. The lowest BCUT2D eigenvalue weighted by molar-refractivity contribution is -0.144. The maximum Gasteiger partial charge on any atom is 0.261 e. The zero-order chi connectivity index (χ0) is 19.2. The van der Waals surface area contributed by atoms with Crippen molar-refractivity contribution in [2.45, 2.75) is 31.0 Å². The fourth-order valence-corrected chi connectivity index (χ4v) is 3.70. The third-order valence-corrected chi connectivity index (χ3v) is 5.07. The van der Waals surface area contributed by atoms with Gasteiger partial charge < -0.3 is 20.5 Å². The molecule has 0 spiro atoms. The van der Waals surface area contributed by atoms with Gasteiger partial charge in [-0.05, 0) is 37.4 Å². The first-order chi connectivity index (χ1) is 13.1. The quantitative estimate of drug-likeness (QED) is 0.701. The number of β-amino-alcohol motifs (C(OH)–C–C–N with tert-alkyl or cyclic N) is 1. The standard InChI is InChI=1S/C22H28N2O3/c1-2-27-22(18-10-5-3-6-11-18,19-12-7-4-8-13-19)20(25)24-17-21(26)14-9-15-23-16-21/h3-8,10-13,23,26H,2,9,14-17H2,1H3,(H,24,25)/t21-/m0/s1. The predicted octanol–water partition coefficient (Wildman–Crippen LogP) is 2.20. The van der Waals surface area contributed by atoms with E-state index in [9.17, 15) is 9.90 Å². The fraction of sp³-hybridized carbons (Fsp3) is 0.409. The van der Waals surface area contributed by atoms with E-state index in [1.54, 1.807) is 0 Å². The van der Waals surface area contributed by atoms with Crippen LogP contribution in [-0.4, -0.2) is 42.9 Å². The van der Waals surface area contributed by atoms with Crippen LogP contribution in [0.15, 0.2) is 60.7 Å². The molecule has 144 valence electrons. The van der Waals surface area contributed by atoms with Crippen LogP contribution in [0.25, 0.3) is 0 Å². The summed E-state index contributed by atoms with van der Waals surface area (Å²) in [5, 5.41) is 16.9. The van der Waals surface area contributed by atoms with Crippen molar-refractivity contribution in [1.29, 1.82) is 0 Å². The molecule has 0 radical (unpaired) electrons. The Labute approximate surface area is 160 Å². The number of carbonyl (C=O) groups excluding carboxylic acids is 1. The van der Waals surface area contributed by atoms with E-state index in [-0.39, 0.29) is 12.5 Å². The largest absolute Gasteiger partial charge is 0.387 e. The number of benzene rings is 2. The zero-order valence-corrected chi connectivity index (χ0v) is 15.8. The first kappa shape index (κ1) is 19.5. The van der Waals surface area contributed by atoms with Gasteiger partial charge in [-0.2, -0.15) is 0 Å². The molecule has 3 N–H and O–H groups in total. The van der Waals surface area contributed by atoms with E-state index in [0.717, 1.165) is 24.1 Å². The lowest BCUT2D eigenvalue weighted by Gasteiger charge is -2.36. The number of hydrogen-bond acceptors (Lipinski definition) is 4. The molecule has 1 aliphatic heterocycles. The van der Waals surface area contributed by atoms with Crippen LogP contribution in [0.1, 0.15) is 30.9 Å². The van der Waals surface area contributed by atoms with Crippen molar-refractivity contribution in [1.82, 2.24) is 10.6 Å². The second-order valence-electron chi connectivity index (χ2n) is 7.03. The van der Waals surface area contributed by atoms with Crippen LogP contribution in [0.5, 0.6) is 0 Å². The van der Waals surface area contributed by atoms with Gasteiger partial charge in [0.15, 0.2) is 5.60 Å². The summed E-state index contributed by atoms with van der Waals surface area (Å²) in [6.07, 6.45) is 1.55. The van der Waals surface area contributed by atoms with Gasteiger partial charge in [0.05, 0.1) is 5.60 Å². The van der Waals surface area contributed by atoms with Crippen molar-refractivity contribution in [3.63, 3.8) is 0 Å². The number of hydrogen-bond donors (Lipinski definition) is 3. The van der Waals surface area contributed by atoms with Crippen molar-refractivity contribution in [3.8, 4) is 0 Å². The van der Waals surface area contributed by atoms with Crippen LogP contribution < -0.4 is 10.6 Å². The predicted molar refractivity (Wildman–Crippen MR) is 105 cm³/mol. The maximum absolute atomic E-state index is 13.5. The van der Waals surface area contributed by atoms with Crippen LogP contribution in [0, 0.1) is 0 Å². The molecule has 2 aromatic rings.